The largest absolute Gasteiger partial charge is 0.299 e. The van der Waals surface area contributed by atoms with Gasteiger partial charge in [0.05, 0.1) is 0 Å². The van der Waals surface area contributed by atoms with Crippen molar-refractivity contribution >= 4 is 5.78 Å². The fraction of sp³-hybridized carbons (Fsp3) is 0.909. The second-order valence-corrected chi connectivity index (χ2v) is 4.50. The van der Waals surface area contributed by atoms with Crippen LogP contribution in [-0.2, 0) is 4.79 Å². The molecular formula is C11H18O. The third-order valence-electron chi connectivity index (χ3n) is 3.88. The van der Waals surface area contributed by atoms with Crippen molar-refractivity contribution in [2.75, 3.05) is 0 Å². The lowest BCUT2D eigenvalue weighted by Gasteiger charge is -2.38. The molecule has 1 unspecified atom stereocenters. The molecule has 0 amide bonds. The fourth-order valence-electron chi connectivity index (χ4n) is 3.05. The van der Waals surface area contributed by atoms with Crippen LogP contribution in [0.2, 0.25) is 0 Å². The Kier molecular flexibility index (Phi) is 2.20. The van der Waals surface area contributed by atoms with E-state index >= 15 is 0 Å². The van der Waals surface area contributed by atoms with Gasteiger partial charge in [-0.15, -0.1) is 0 Å². The van der Waals surface area contributed by atoms with Gasteiger partial charge in [0.1, 0.15) is 5.78 Å². The first kappa shape index (κ1) is 8.28. The standard InChI is InChI=1S/C11H18O/c1-8-10-5-3-2-4-9(10)6-7-11(8)12/h8-10H,2-7H2,1H3/t8?,9-,10-/m0/s1. The van der Waals surface area contributed by atoms with Gasteiger partial charge in [-0.2, -0.15) is 0 Å². The molecule has 0 aromatic heterocycles. The summed E-state index contributed by atoms with van der Waals surface area (Å²) < 4.78 is 0. The van der Waals surface area contributed by atoms with Crippen molar-refractivity contribution in [3.05, 3.63) is 0 Å². The van der Waals surface area contributed by atoms with Gasteiger partial charge in [0.15, 0.2) is 0 Å². The molecule has 2 rings (SSSR count). The van der Waals surface area contributed by atoms with Gasteiger partial charge in [-0.05, 0) is 24.7 Å². The minimum Gasteiger partial charge on any atom is -0.299 e. The van der Waals surface area contributed by atoms with Crippen molar-refractivity contribution in [2.24, 2.45) is 17.8 Å². The highest BCUT2D eigenvalue weighted by molar-refractivity contribution is 5.81. The zero-order chi connectivity index (χ0) is 8.55. The van der Waals surface area contributed by atoms with Gasteiger partial charge in [0, 0.05) is 12.3 Å². The molecule has 68 valence electrons. The number of hydrogen-bond acceptors (Lipinski definition) is 1. The number of Topliss-reactive ketones (excluding diaryl/α,β-unsaturated/α-hetero) is 1. The maximum atomic E-state index is 11.4. The number of carbonyl (C=O) groups is 1. The van der Waals surface area contributed by atoms with E-state index in [1.165, 1.54) is 32.1 Å². The van der Waals surface area contributed by atoms with Crippen molar-refractivity contribution in [3.8, 4) is 0 Å². The summed E-state index contributed by atoms with van der Waals surface area (Å²) in [5.74, 6) is 2.55. The minimum atomic E-state index is 0.379. The summed E-state index contributed by atoms with van der Waals surface area (Å²) in [5, 5.41) is 0. The molecule has 2 fully saturated rings. The smallest absolute Gasteiger partial charge is 0.135 e. The van der Waals surface area contributed by atoms with E-state index in [2.05, 4.69) is 6.92 Å². The quantitative estimate of drug-likeness (QED) is 0.541. The predicted octanol–water partition coefficient (Wildman–Crippen LogP) is 2.79. The maximum Gasteiger partial charge on any atom is 0.135 e. The van der Waals surface area contributed by atoms with E-state index in [1.54, 1.807) is 0 Å². The Morgan fingerprint density at radius 2 is 1.92 bits per heavy atom. The number of fused-ring (bicyclic) bond motifs is 1. The summed E-state index contributed by atoms with van der Waals surface area (Å²) in [6.45, 7) is 2.14. The average molecular weight is 166 g/mol. The van der Waals surface area contributed by atoms with Crippen LogP contribution in [-0.4, -0.2) is 5.78 Å². The highest BCUT2D eigenvalue weighted by Crippen LogP contribution is 2.41. The lowest BCUT2D eigenvalue weighted by molar-refractivity contribution is -0.128. The van der Waals surface area contributed by atoms with Crippen LogP contribution >= 0.6 is 0 Å². The zero-order valence-electron chi connectivity index (χ0n) is 7.88. The molecule has 0 bridgehead atoms. The third-order valence-corrected chi connectivity index (χ3v) is 3.88. The minimum absolute atomic E-state index is 0.379. The number of rotatable bonds is 0. The molecule has 2 aliphatic carbocycles. The fourth-order valence-corrected chi connectivity index (χ4v) is 3.05. The molecule has 0 N–H and O–H groups in total. The molecule has 0 aromatic carbocycles. The maximum absolute atomic E-state index is 11.4. The number of carbonyl (C=O) groups excluding carboxylic acids is 1. The first-order valence-corrected chi connectivity index (χ1v) is 5.32. The van der Waals surface area contributed by atoms with Crippen molar-refractivity contribution in [1.82, 2.24) is 0 Å². The van der Waals surface area contributed by atoms with Crippen LogP contribution in [0.25, 0.3) is 0 Å². The lowest BCUT2D eigenvalue weighted by atomic mass is 9.66. The summed E-state index contributed by atoms with van der Waals surface area (Å²) in [4.78, 5) is 11.4. The van der Waals surface area contributed by atoms with Crippen molar-refractivity contribution in [3.63, 3.8) is 0 Å². The van der Waals surface area contributed by atoms with Gasteiger partial charge in [0.25, 0.3) is 0 Å². The Labute approximate surface area is 74.5 Å². The number of ketones is 1. The van der Waals surface area contributed by atoms with Crippen molar-refractivity contribution < 1.29 is 4.79 Å². The molecule has 0 aromatic rings. The Balaban J connectivity index is 2.08. The van der Waals surface area contributed by atoms with E-state index in [0.717, 1.165) is 18.3 Å². The highest BCUT2D eigenvalue weighted by Gasteiger charge is 2.36. The molecule has 2 saturated carbocycles. The van der Waals surface area contributed by atoms with Crippen LogP contribution < -0.4 is 0 Å². The van der Waals surface area contributed by atoms with E-state index in [1.807, 2.05) is 0 Å². The molecular weight excluding hydrogens is 148 g/mol. The van der Waals surface area contributed by atoms with E-state index < -0.39 is 0 Å². The first-order valence-electron chi connectivity index (χ1n) is 5.32. The molecule has 0 radical (unpaired) electrons. The molecule has 12 heavy (non-hydrogen) atoms. The normalized spacial score (nSPS) is 42.4. The highest BCUT2D eigenvalue weighted by atomic mass is 16.1. The van der Waals surface area contributed by atoms with Crippen LogP contribution in [0.3, 0.4) is 0 Å². The molecule has 0 saturated heterocycles. The van der Waals surface area contributed by atoms with E-state index in [0.29, 0.717) is 11.7 Å². The van der Waals surface area contributed by atoms with Gasteiger partial charge in [-0.3, -0.25) is 4.79 Å². The second-order valence-electron chi connectivity index (χ2n) is 4.50. The van der Waals surface area contributed by atoms with Gasteiger partial charge in [-0.1, -0.05) is 26.2 Å². The number of hydrogen-bond donors (Lipinski definition) is 0. The Morgan fingerprint density at radius 3 is 2.75 bits per heavy atom. The second kappa shape index (κ2) is 3.20. The molecule has 0 aliphatic heterocycles. The van der Waals surface area contributed by atoms with Gasteiger partial charge >= 0.3 is 0 Å². The molecule has 0 heterocycles. The summed E-state index contributed by atoms with van der Waals surface area (Å²) in [7, 11) is 0. The third kappa shape index (κ3) is 1.30. The molecule has 3 atom stereocenters. The van der Waals surface area contributed by atoms with Crippen LogP contribution in [0.4, 0.5) is 0 Å². The SMILES string of the molecule is CC1C(=O)CC[C@@H]2CCCC[C@@H]12. The summed E-state index contributed by atoms with van der Waals surface area (Å²) in [6.07, 6.45) is 7.52. The molecule has 1 nitrogen and oxygen atoms in total. The van der Waals surface area contributed by atoms with Crippen LogP contribution in [0.1, 0.15) is 45.4 Å². The van der Waals surface area contributed by atoms with E-state index in [-0.39, 0.29) is 0 Å². The summed E-state index contributed by atoms with van der Waals surface area (Å²) in [5.41, 5.74) is 0. The first-order chi connectivity index (χ1) is 5.79. The van der Waals surface area contributed by atoms with Crippen LogP contribution in [0.15, 0.2) is 0 Å². The topological polar surface area (TPSA) is 17.1 Å². The zero-order valence-corrected chi connectivity index (χ0v) is 7.88. The van der Waals surface area contributed by atoms with E-state index in [4.69, 9.17) is 0 Å². The Bertz CT molecular complexity index is 185. The van der Waals surface area contributed by atoms with Crippen molar-refractivity contribution in [2.45, 2.75) is 45.4 Å². The molecule has 2 aliphatic rings. The van der Waals surface area contributed by atoms with E-state index in [9.17, 15) is 4.79 Å². The molecule has 0 spiro atoms. The van der Waals surface area contributed by atoms with Gasteiger partial charge < -0.3 is 0 Å². The van der Waals surface area contributed by atoms with Gasteiger partial charge in [0.2, 0.25) is 0 Å². The van der Waals surface area contributed by atoms with Crippen molar-refractivity contribution in [1.29, 1.82) is 0 Å². The van der Waals surface area contributed by atoms with Crippen LogP contribution in [0, 0.1) is 17.8 Å². The Morgan fingerprint density at radius 1 is 1.17 bits per heavy atom. The lowest BCUT2D eigenvalue weighted by Crippen LogP contribution is -2.35. The summed E-state index contributed by atoms with van der Waals surface area (Å²) >= 11 is 0. The average Bonchev–Trinajstić information content (AvgIpc) is 2.12. The van der Waals surface area contributed by atoms with Gasteiger partial charge in [-0.25, -0.2) is 0 Å². The Hall–Kier alpha value is -0.330. The molecule has 1 heteroatoms. The summed E-state index contributed by atoms with van der Waals surface area (Å²) in [6, 6.07) is 0. The predicted molar refractivity (Wildman–Crippen MR) is 48.9 cm³/mol. The van der Waals surface area contributed by atoms with Crippen LogP contribution in [0.5, 0.6) is 0 Å². The monoisotopic (exact) mass is 166 g/mol.